The van der Waals surface area contributed by atoms with Crippen LogP contribution < -0.4 is 10.9 Å². The van der Waals surface area contributed by atoms with Gasteiger partial charge in [-0.1, -0.05) is 54.9 Å². The monoisotopic (exact) mass is 431 g/mol. The summed E-state index contributed by atoms with van der Waals surface area (Å²) in [7, 11) is 0. The first-order valence-electron chi connectivity index (χ1n) is 10.1. The molecule has 0 saturated heterocycles. The molecule has 31 heavy (non-hydrogen) atoms. The predicted octanol–water partition coefficient (Wildman–Crippen LogP) is 5.42. The molecule has 0 radical (unpaired) electrons. The van der Waals surface area contributed by atoms with Crippen LogP contribution in [0.4, 0.5) is 5.69 Å². The first-order chi connectivity index (χ1) is 14.9. The van der Waals surface area contributed by atoms with Crippen molar-refractivity contribution in [1.29, 1.82) is 0 Å². The molecule has 5 nitrogen and oxygen atoms in total. The molecule has 0 spiro atoms. The van der Waals surface area contributed by atoms with Crippen LogP contribution in [0.5, 0.6) is 0 Å². The van der Waals surface area contributed by atoms with Crippen molar-refractivity contribution < 1.29 is 4.79 Å². The lowest BCUT2D eigenvalue weighted by Crippen LogP contribution is -2.24. The average molecular weight is 432 g/mol. The quantitative estimate of drug-likeness (QED) is 0.458. The van der Waals surface area contributed by atoms with E-state index in [-0.39, 0.29) is 11.5 Å². The minimum atomic E-state index is -0.128. The van der Waals surface area contributed by atoms with Crippen LogP contribution in [0.15, 0.2) is 71.5 Å². The fourth-order valence-electron chi connectivity index (χ4n) is 3.47. The molecule has 0 atom stereocenters. The van der Waals surface area contributed by atoms with Crippen LogP contribution in [0.3, 0.4) is 0 Å². The number of carbonyl (C=O) groups excluding carboxylic acids is 1. The lowest BCUT2D eigenvalue weighted by molar-refractivity contribution is -0.115. The highest BCUT2D eigenvalue weighted by Crippen LogP contribution is 2.22. The van der Waals surface area contributed by atoms with E-state index in [0.29, 0.717) is 40.4 Å². The van der Waals surface area contributed by atoms with Gasteiger partial charge >= 0.3 is 0 Å². The highest BCUT2D eigenvalue weighted by Gasteiger charge is 2.11. The normalized spacial score (nSPS) is 10.9. The number of nitrogens with zero attached hydrogens (tertiary/aromatic N) is 2. The first-order valence-corrected chi connectivity index (χ1v) is 10.5. The van der Waals surface area contributed by atoms with E-state index in [0.717, 1.165) is 16.7 Å². The molecule has 0 bridgehead atoms. The molecule has 1 N–H and O–H groups in total. The molecule has 1 amide bonds. The second-order valence-corrected chi connectivity index (χ2v) is 7.82. The number of rotatable bonds is 5. The van der Waals surface area contributed by atoms with Crippen molar-refractivity contribution in [3.63, 3.8) is 0 Å². The largest absolute Gasteiger partial charge is 0.326 e. The first kappa shape index (κ1) is 20.8. The van der Waals surface area contributed by atoms with Gasteiger partial charge in [-0.05, 0) is 53.9 Å². The van der Waals surface area contributed by atoms with Gasteiger partial charge in [-0.2, -0.15) is 0 Å². The number of halogens is 1. The van der Waals surface area contributed by atoms with Crippen molar-refractivity contribution >= 4 is 34.1 Å². The van der Waals surface area contributed by atoms with Crippen molar-refractivity contribution in [2.45, 2.75) is 26.8 Å². The Morgan fingerprint density at radius 1 is 1.00 bits per heavy atom. The van der Waals surface area contributed by atoms with Crippen molar-refractivity contribution in [2.24, 2.45) is 0 Å². The second kappa shape index (κ2) is 8.74. The molecular weight excluding hydrogens is 410 g/mol. The fraction of sp³-hybridized carbons (Fsp3) is 0.160. The Labute approximate surface area is 185 Å². The minimum absolute atomic E-state index is 0.0967. The van der Waals surface area contributed by atoms with Crippen molar-refractivity contribution in [3.8, 4) is 11.1 Å². The standard InChI is InChI=1S/C25H22ClN3O2/c1-3-24(30)28-21-12-13-23-22(14-21)25(31)29(16(2)27-23)15-17-4-6-18(7-5-17)19-8-10-20(26)11-9-19/h4-14H,3,15H2,1-2H3,(H,28,30). The van der Waals surface area contributed by atoms with Gasteiger partial charge in [0.15, 0.2) is 0 Å². The Bertz CT molecular complexity index is 1310. The van der Waals surface area contributed by atoms with Gasteiger partial charge in [-0.25, -0.2) is 4.98 Å². The van der Waals surface area contributed by atoms with E-state index in [9.17, 15) is 9.59 Å². The summed E-state index contributed by atoms with van der Waals surface area (Å²) in [4.78, 5) is 29.5. The van der Waals surface area contributed by atoms with Gasteiger partial charge in [0.05, 0.1) is 17.4 Å². The van der Waals surface area contributed by atoms with Gasteiger partial charge in [0.25, 0.3) is 5.56 Å². The Balaban J connectivity index is 1.65. The van der Waals surface area contributed by atoms with Crippen LogP contribution in [-0.4, -0.2) is 15.5 Å². The smallest absolute Gasteiger partial charge is 0.261 e. The van der Waals surface area contributed by atoms with Crippen LogP contribution in [0.25, 0.3) is 22.0 Å². The highest BCUT2D eigenvalue weighted by molar-refractivity contribution is 6.30. The third-order valence-electron chi connectivity index (χ3n) is 5.22. The van der Waals surface area contributed by atoms with Crippen LogP contribution in [0.2, 0.25) is 5.02 Å². The van der Waals surface area contributed by atoms with E-state index in [1.165, 1.54) is 0 Å². The molecule has 0 aliphatic rings. The molecule has 0 aliphatic carbocycles. The summed E-state index contributed by atoms with van der Waals surface area (Å²) in [6.45, 7) is 4.03. The number of anilines is 1. The predicted molar refractivity (Wildman–Crippen MR) is 126 cm³/mol. The van der Waals surface area contributed by atoms with Gasteiger partial charge < -0.3 is 5.32 Å². The molecule has 0 fully saturated rings. The highest BCUT2D eigenvalue weighted by atomic mass is 35.5. The molecule has 6 heteroatoms. The fourth-order valence-corrected chi connectivity index (χ4v) is 3.60. The van der Waals surface area contributed by atoms with Crippen molar-refractivity contribution in [3.05, 3.63) is 93.5 Å². The maximum absolute atomic E-state index is 13.2. The van der Waals surface area contributed by atoms with Gasteiger partial charge in [-0.3, -0.25) is 14.2 Å². The average Bonchev–Trinajstić information content (AvgIpc) is 2.78. The molecular formula is C25H22ClN3O2. The van der Waals surface area contributed by atoms with E-state index < -0.39 is 0 Å². The van der Waals surface area contributed by atoms with Crippen LogP contribution >= 0.6 is 11.6 Å². The number of benzene rings is 3. The number of aromatic nitrogens is 2. The summed E-state index contributed by atoms with van der Waals surface area (Å²) in [6, 6.07) is 21.0. The SMILES string of the molecule is CCC(=O)Nc1ccc2nc(C)n(Cc3ccc(-c4ccc(Cl)cc4)cc3)c(=O)c2c1. The van der Waals surface area contributed by atoms with Crippen LogP contribution in [0, 0.1) is 6.92 Å². The maximum atomic E-state index is 13.2. The summed E-state index contributed by atoms with van der Waals surface area (Å²) in [5, 5.41) is 3.99. The zero-order chi connectivity index (χ0) is 22.0. The van der Waals surface area contributed by atoms with Gasteiger partial charge in [-0.15, -0.1) is 0 Å². The topological polar surface area (TPSA) is 64.0 Å². The Hall–Kier alpha value is -3.44. The molecule has 3 aromatic carbocycles. The Morgan fingerprint density at radius 3 is 2.29 bits per heavy atom. The summed E-state index contributed by atoms with van der Waals surface area (Å²) in [5.74, 6) is 0.546. The third kappa shape index (κ3) is 4.52. The number of fused-ring (bicyclic) bond motifs is 1. The van der Waals surface area contributed by atoms with E-state index in [2.05, 4.69) is 10.3 Å². The van der Waals surface area contributed by atoms with Crippen molar-refractivity contribution in [1.82, 2.24) is 9.55 Å². The van der Waals surface area contributed by atoms with Gasteiger partial charge in [0.2, 0.25) is 5.91 Å². The summed E-state index contributed by atoms with van der Waals surface area (Å²) < 4.78 is 1.66. The number of hydrogen-bond acceptors (Lipinski definition) is 3. The van der Waals surface area contributed by atoms with E-state index in [1.54, 1.807) is 29.7 Å². The Kier molecular flexibility index (Phi) is 5.87. The zero-order valence-corrected chi connectivity index (χ0v) is 18.1. The van der Waals surface area contributed by atoms with Gasteiger partial charge in [0.1, 0.15) is 5.82 Å². The molecule has 4 rings (SSSR count). The number of aryl methyl sites for hydroxylation is 1. The number of carbonyl (C=O) groups is 1. The summed E-state index contributed by atoms with van der Waals surface area (Å²) >= 11 is 5.97. The van der Waals surface area contributed by atoms with E-state index in [1.807, 2.05) is 55.5 Å². The van der Waals surface area contributed by atoms with Crippen LogP contribution in [-0.2, 0) is 11.3 Å². The molecule has 1 heterocycles. The minimum Gasteiger partial charge on any atom is -0.326 e. The second-order valence-electron chi connectivity index (χ2n) is 7.39. The van der Waals surface area contributed by atoms with Gasteiger partial charge in [0, 0.05) is 17.1 Å². The number of amides is 1. The van der Waals surface area contributed by atoms with Crippen LogP contribution in [0.1, 0.15) is 24.7 Å². The molecule has 0 unspecified atom stereocenters. The maximum Gasteiger partial charge on any atom is 0.261 e. The molecule has 156 valence electrons. The number of hydrogen-bond donors (Lipinski definition) is 1. The van der Waals surface area contributed by atoms with Crippen molar-refractivity contribution in [2.75, 3.05) is 5.32 Å². The lowest BCUT2D eigenvalue weighted by atomic mass is 10.0. The van der Waals surface area contributed by atoms with E-state index in [4.69, 9.17) is 11.6 Å². The Morgan fingerprint density at radius 2 is 1.65 bits per heavy atom. The molecule has 0 saturated carbocycles. The molecule has 0 aliphatic heterocycles. The molecule has 1 aromatic heterocycles. The number of nitrogens with one attached hydrogen (secondary N) is 1. The summed E-state index contributed by atoms with van der Waals surface area (Å²) in [6.07, 6.45) is 0.375. The summed E-state index contributed by atoms with van der Waals surface area (Å²) in [5.41, 5.74) is 4.25. The van der Waals surface area contributed by atoms with E-state index >= 15 is 0 Å². The molecule has 4 aromatic rings. The zero-order valence-electron chi connectivity index (χ0n) is 17.4. The third-order valence-corrected chi connectivity index (χ3v) is 5.47. The lowest BCUT2D eigenvalue weighted by Gasteiger charge is -2.12.